The summed E-state index contributed by atoms with van der Waals surface area (Å²) in [5.74, 6) is 1.42. The lowest BCUT2D eigenvalue weighted by Gasteiger charge is -2.31. The predicted octanol–water partition coefficient (Wildman–Crippen LogP) is 2.84. The van der Waals surface area contributed by atoms with Crippen LogP contribution in [0.4, 0.5) is 5.69 Å². The maximum absolute atomic E-state index is 10.8. The van der Waals surface area contributed by atoms with Crippen LogP contribution in [0.2, 0.25) is 0 Å². The third kappa shape index (κ3) is 3.44. The number of piperidine rings is 1. The standard InChI is InChI=1S/C14H20N2O3/c1-11-4-3-7-15(9-11)10-12-8-13(16(17)18)5-6-14(12)19-2/h5-6,8,11H,3-4,7,9-10H2,1-2H3. The van der Waals surface area contributed by atoms with Crippen LogP contribution >= 0.6 is 0 Å². The number of ether oxygens (including phenoxy) is 1. The second-order valence-electron chi connectivity index (χ2n) is 5.24. The molecule has 0 radical (unpaired) electrons. The largest absolute Gasteiger partial charge is 0.496 e. The number of methoxy groups -OCH3 is 1. The summed E-state index contributed by atoms with van der Waals surface area (Å²) in [7, 11) is 1.60. The third-order valence-electron chi connectivity index (χ3n) is 3.61. The summed E-state index contributed by atoms with van der Waals surface area (Å²) in [5.41, 5.74) is 1.02. The molecule has 1 aliphatic heterocycles. The van der Waals surface area contributed by atoms with Gasteiger partial charge in [-0.05, 0) is 31.4 Å². The fourth-order valence-electron chi connectivity index (χ4n) is 2.67. The molecule has 1 aliphatic rings. The van der Waals surface area contributed by atoms with Gasteiger partial charge in [0.05, 0.1) is 12.0 Å². The van der Waals surface area contributed by atoms with Gasteiger partial charge in [0.1, 0.15) is 5.75 Å². The second kappa shape index (κ2) is 6.02. The number of nitro groups is 1. The van der Waals surface area contributed by atoms with Crippen molar-refractivity contribution in [2.75, 3.05) is 20.2 Å². The number of hydrogen-bond donors (Lipinski definition) is 0. The van der Waals surface area contributed by atoms with Crippen LogP contribution in [0.15, 0.2) is 18.2 Å². The summed E-state index contributed by atoms with van der Waals surface area (Å²) >= 11 is 0. The zero-order chi connectivity index (χ0) is 13.8. The molecule has 1 atom stereocenters. The van der Waals surface area contributed by atoms with Crippen LogP contribution in [0.3, 0.4) is 0 Å². The van der Waals surface area contributed by atoms with Crippen LogP contribution in [-0.4, -0.2) is 30.0 Å². The van der Waals surface area contributed by atoms with Crippen molar-refractivity contribution in [3.63, 3.8) is 0 Å². The molecule has 0 aliphatic carbocycles. The lowest BCUT2D eigenvalue weighted by molar-refractivity contribution is -0.385. The summed E-state index contributed by atoms with van der Waals surface area (Å²) in [5, 5.41) is 10.8. The monoisotopic (exact) mass is 264 g/mol. The molecule has 0 amide bonds. The molecule has 2 rings (SSSR count). The Balaban J connectivity index is 2.17. The topological polar surface area (TPSA) is 55.6 Å². The van der Waals surface area contributed by atoms with Gasteiger partial charge in [-0.25, -0.2) is 0 Å². The second-order valence-corrected chi connectivity index (χ2v) is 5.24. The van der Waals surface area contributed by atoms with E-state index >= 15 is 0 Å². The molecule has 5 heteroatoms. The molecule has 104 valence electrons. The van der Waals surface area contributed by atoms with Gasteiger partial charge in [0.25, 0.3) is 5.69 Å². The van der Waals surface area contributed by atoms with Gasteiger partial charge >= 0.3 is 0 Å². The molecule has 0 N–H and O–H groups in total. The normalized spacial score (nSPS) is 20.2. The molecule has 1 aromatic carbocycles. The van der Waals surface area contributed by atoms with E-state index in [9.17, 15) is 10.1 Å². The van der Waals surface area contributed by atoms with Crippen LogP contribution in [0, 0.1) is 16.0 Å². The minimum atomic E-state index is -0.359. The maximum Gasteiger partial charge on any atom is 0.270 e. The molecule has 1 aromatic rings. The van der Waals surface area contributed by atoms with Crippen molar-refractivity contribution in [2.45, 2.75) is 26.3 Å². The molecule has 5 nitrogen and oxygen atoms in total. The molecule has 1 heterocycles. The molecular formula is C14H20N2O3. The number of hydrogen-bond acceptors (Lipinski definition) is 4. The molecule has 1 saturated heterocycles. The highest BCUT2D eigenvalue weighted by Gasteiger charge is 2.19. The number of benzene rings is 1. The maximum atomic E-state index is 10.8. The van der Waals surface area contributed by atoms with Crippen molar-refractivity contribution in [2.24, 2.45) is 5.92 Å². The van der Waals surface area contributed by atoms with Crippen LogP contribution in [0.1, 0.15) is 25.3 Å². The van der Waals surface area contributed by atoms with Gasteiger partial charge in [-0.3, -0.25) is 15.0 Å². The molecule has 19 heavy (non-hydrogen) atoms. The van der Waals surface area contributed by atoms with E-state index in [0.717, 1.165) is 30.9 Å². The van der Waals surface area contributed by atoms with Gasteiger partial charge in [-0.2, -0.15) is 0 Å². The number of nitrogens with zero attached hydrogens (tertiary/aromatic N) is 2. The smallest absolute Gasteiger partial charge is 0.270 e. The van der Waals surface area contributed by atoms with E-state index in [2.05, 4.69) is 11.8 Å². The van der Waals surface area contributed by atoms with Crippen molar-refractivity contribution in [3.8, 4) is 5.75 Å². The minimum absolute atomic E-state index is 0.126. The first-order chi connectivity index (χ1) is 9.10. The van der Waals surface area contributed by atoms with Crippen molar-refractivity contribution in [3.05, 3.63) is 33.9 Å². The number of likely N-dealkylation sites (tertiary alicyclic amines) is 1. The zero-order valence-corrected chi connectivity index (χ0v) is 11.5. The SMILES string of the molecule is COc1ccc([N+](=O)[O-])cc1CN1CCCC(C)C1. The van der Waals surface area contributed by atoms with Crippen LogP contribution in [-0.2, 0) is 6.54 Å². The van der Waals surface area contributed by atoms with Crippen molar-refractivity contribution in [1.82, 2.24) is 4.90 Å². The molecule has 1 fully saturated rings. The van der Waals surface area contributed by atoms with Gasteiger partial charge in [0, 0.05) is 30.8 Å². The highest BCUT2D eigenvalue weighted by Crippen LogP contribution is 2.27. The molecule has 0 bridgehead atoms. The molecule has 1 unspecified atom stereocenters. The first-order valence-corrected chi connectivity index (χ1v) is 6.64. The zero-order valence-electron chi connectivity index (χ0n) is 11.5. The van der Waals surface area contributed by atoms with Crippen LogP contribution in [0.25, 0.3) is 0 Å². The van der Waals surface area contributed by atoms with Gasteiger partial charge < -0.3 is 4.74 Å². The Morgan fingerprint density at radius 3 is 2.95 bits per heavy atom. The van der Waals surface area contributed by atoms with Gasteiger partial charge in [-0.1, -0.05) is 6.92 Å². The van der Waals surface area contributed by atoms with Crippen LogP contribution in [0.5, 0.6) is 5.75 Å². The minimum Gasteiger partial charge on any atom is -0.496 e. The quantitative estimate of drug-likeness (QED) is 0.620. The predicted molar refractivity (Wildman–Crippen MR) is 73.3 cm³/mol. The van der Waals surface area contributed by atoms with E-state index in [1.54, 1.807) is 19.2 Å². The molecular weight excluding hydrogens is 244 g/mol. The number of non-ortho nitro benzene ring substituents is 1. The third-order valence-corrected chi connectivity index (χ3v) is 3.61. The first-order valence-electron chi connectivity index (χ1n) is 6.64. The average molecular weight is 264 g/mol. The van der Waals surface area contributed by atoms with Gasteiger partial charge in [0.2, 0.25) is 0 Å². The Bertz CT molecular complexity index is 462. The van der Waals surface area contributed by atoms with Crippen molar-refractivity contribution >= 4 is 5.69 Å². The van der Waals surface area contributed by atoms with Crippen LogP contribution < -0.4 is 4.74 Å². The lowest BCUT2D eigenvalue weighted by Crippen LogP contribution is -2.33. The highest BCUT2D eigenvalue weighted by molar-refractivity contribution is 5.43. The molecule has 0 spiro atoms. The average Bonchev–Trinajstić information content (AvgIpc) is 2.38. The lowest BCUT2D eigenvalue weighted by atomic mass is 9.99. The van der Waals surface area contributed by atoms with Gasteiger partial charge in [-0.15, -0.1) is 0 Å². The number of rotatable bonds is 4. The fourth-order valence-corrected chi connectivity index (χ4v) is 2.67. The Kier molecular flexibility index (Phi) is 4.37. The van der Waals surface area contributed by atoms with E-state index in [-0.39, 0.29) is 10.6 Å². The van der Waals surface area contributed by atoms with E-state index in [0.29, 0.717) is 5.92 Å². The Morgan fingerprint density at radius 2 is 2.32 bits per heavy atom. The molecule has 0 aromatic heterocycles. The van der Waals surface area contributed by atoms with Crippen molar-refractivity contribution < 1.29 is 9.66 Å². The van der Waals surface area contributed by atoms with E-state index in [1.165, 1.54) is 18.9 Å². The fraction of sp³-hybridized carbons (Fsp3) is 0.571. The van der Waals surface area contributed by atoms with Gasteiger partial charge in [0.15, 0.2) is 0 Å². The summed E-state index contributed by atoms with van der Waals surface area (Å²) in [4.78, 5) is 12.8. The number of nitro benzene ring substituents is 1. The Labute approximate surface area is 113 Å². The first kappa shape index (κ1) is 13.8. The van der Waals surface area contributed by atoms with E-state index in [1.807, 2.05) is 0 Å². The van der Waals surface area contributed by atoms with E-state index < -0.39 is 0 Å². The van der Waals surface area contributed by atoms with E-state index in [4.69, 9.17) is 4.74 Å². The highest BCUT2D eigenvalue weighted by atomic mass is 16.6. The Morgan fingerprint density at radius 1 is 1.53 bits per heavy atom. The summed E-state index contributed by atoms with van der Waals surface area (Å²) < 4.78 is 5.30. The van der Waals surface area contributed by atoms with Crippen molar-refractivity contribution in [1.29, 1.82) is 0 Å². The Hall–Kier alpha value is -1.62. The summed E-state index contributed by atoms with van der Waals surface area (Å²) in [6.45, 7) is 5.06. The summed E-state index contributed by atoms with van der Waals surface area (Å²) in [6, 6.07) is 4.79. The molecule has 0 saturated carbocycles. The summed E-state index contributed by atoms with van der Waals surface area (Å²) in [6.07, 6.45) is 2.46.